The minimum Gasteiger partial charge on any atom is -0.307 e. The first-order chi connectivity index (χ1) is 6.93. The molecular weight excluding hydrogens is 192 g/mol. The molecule has 2 aliphatic carbocycles. The summed E-state index contributed by atoms with van der Waals surface area (Å²) in [6, 6.07) is 0.711. The Labute approximate surface area is 88.1 Å². The number of hydrogen-bond donors (Lipinski definition) is 1. The second-order valence-electron chi connectivity index (χ2n) is 4.15. The van der Waals surface area contributed by atoms with Gasteiger partial charge in [-0.05, 0) is 24.7 Å². The lowest BCUT2D eigenvalue weighted by Gasteiger charge is -2.40. The van der Waals surface area contributed by atoms with Gasteiger partial charge < -0.3 is 5.32 Å². The summed E-state index contributed by atoms with van der Waals surface area (Å²) in [5.74, 6) is 1.76. The van der Waals surface area contributed by atoms with Gasteiger partial charge in [0.15, 0.2) is 0 Å². The third-order valence-corrected chi connectivity index (χ3v) is 4.14. The summed E-state index contributed by atoms with van der Waals surface area (Å²) in [6.45, 7) is 0.944. The average molecular weight is 206 g/mol. The number of allylic oxidation sites excluding steroid dienone is 1. The summed E-state index contributed by atoms with van der Waals surface area (Å²) < 4.78 is 0. The Morgan fingerprint density at radius 2 is 2.57 bits per heavy atom. The van der Waals surface area contributed by atoms with E-state index in [1.807, 2.05) is 11.6 Å². The van der Waals surface area contributed by atoms with Gasteiger partial charge in [-0.25, -0.2) is 4.98 Å². The molecule has 3 unspecified atom stereocenters. The third-order valence-electron chi connectivity index (χ3n) is 3.36. The van der Waals surface area contributed by atoms with Crippen LogP contribution in [0.25, 0.3) is 0 Å². The van der Waals surface area contributed by atoms with Crippen molar-refractivity contribution in [2.45, 2.75) is 25.4 Å². The zero-order valence-corrected chi connectivity index (χ0v) is 8.83. The summed E-state index contributed by atoms with van der Waals surface area (Å²) in [5.41, 5.74) is 0. The van der Waals surface area contributed by atoms with Crippen LogP contribution in [-0.4, -0.2) is 11.0 Å². The SMILES string of the molecule is C1=CC2C(C1)CC2NCc1nccs1. The van der Waals surface area contributed by atoms with E-state index in [2.05, 4.69) is 22.5 Å². The molecule has 0 aliphatic heterocycles. The highest BCUT2D eigenvalue weighted by molar-refractivity contribution is 7.09. The number of thiazole rings is 1. The van der Waals surface area contributed by atoms with E-state index in [1.165, 1.54) is 17.8 Å². The summed E-state index contributed by atoms with van der Waals surface area (Å²) >= 11 is 1.73. The lowest BCUT2D eigenvalue weighted by molar-refractivity contribution is 0.162. The van der Waals surface area contributed by atoms with Crippen LogP contribution in [0.15, 0.2) is 23.7 Å². The molecule has 2 nitrogen and oxygen atoms in total. The van der Waals surface area contributed by atoms with Crippen LogP contribution < -0.4 is 5.32 Å². The van der Waals surface area contributed by atoms with Crippen LogP contribution in [-0.2, 0) is 6.54 Å². The normalized spacial score (nSPS) is 34.1. The minimum absolute atomic E-state index is 0.711. The Morgan fingerprint density at radius 1 is 1.57 bits per heavy atom. The molecule has 1 fully saturated rings. The number of fused-ring (bicyclic) bond motifs is 1. The van der Waals surface area contributed by atoms with E-state index in [0.29, 0.717) is 6.04 Å². The molecule has 1 aromatic rings. The predicted molar refractivity (Wildman–Crippen MR) is 58.1 cm³/mol. The molecule has 1 saturated carbocycles. The molecule has 2 aliphatic rings. The van der Waals surface area contributed by atoms with E-state index in [1.54, 1.807) is 11.3 Å². The van der Waals surface area contributed by atoms with E-state index in [9.17, 15) is 0 Å². The van der Waals surface area contributed by atoms with Crippen molar-refractivity contribution in [2.24, 2.45) is 11.8 Å². The first-order valence-corrected chi connectivity index (χ1v) is 6.10. The lowest BCUT2D eigenvalue weighted by Crippen LogP contribution is -2.47. The largest absolute Gasteiger partial charge is 0.307 e. The average Bonchev–Trinajstić information content (AvgIpc) is 2.76. The summed E-state index contributed by atoms with van der Waals surface area (Å²) in [7, 11) is 0. The Hall–Kier alpha value is -0.670. The molecule has 3 atom stereocenters. The molecule has 1 aromatic heterocycles. The van der Waals surface area contributed by atoms with Gasteiger partial charge in [-0.3, -0.25) is 0 Å². The molecular formula is C11H14N2S. The van der Waals surface area contributed by atoms with Gasteiger partial charge in [0.05, 0.1) is 0 Å². The van der Waals surface area contributed by atoms with Gasteiger partial charge in [0.2, 0.25) is 0 Å². The van der Waals surface area contributed by atoms with Gasteiger partial charge in [0, 0.05) is 24.2 Å². The van der Waals surface area contributed by atoms with Gasteiger partial charge in [0.25, 0.3) is 0 Å². The quantitative estimate of drug-likeness (QED) is 0.767. The summed E-state index contributed by atoms with van der Waals surface area (Å²) in [4.78, 5) is 4.27. The van der Waals surface area contributed by atoms with E-state index in [-0.39, 0.29) is 0 Å². The molecule has 0 radical (unpaired) electrons. The molecule has 0 saturated heterocycles. The van der Waals surface area contributed by atoms with E-state index >= 15 is 0 Å². The maximum Gasteiger partial charge on any atom is 0.106 e. The Kier molecular flexibility index (Phi) is 2.14. The Balaban J connectivity index is 1.52. The first-order valence-electron chi connectivity index (χ1n) is 5.22. The van der Waals surface area contributed by atoms with Crippen molar-refractivity contribution in [3.8, 4) is 0 Å². The van der Waals surface area contributed by atoms with Crippen LogP contribution in [0.4, 0.5) is 0 Å². The van der Waals surface area contributed by atoms with Crippen molar-refractivity contribution in [1.82, 2.24) is 10.3 Å². The second kappa shape index (κ2) is 3.48. The molecule has 74 valence electrons. The zero-order valence-electron chi connectivity index (χ0n) is 8.02. The van der Waals surface area contributed by atoms with Crippen molar-refractivity contribution in [3.05, 3.63) is 28.7 Å². The fourth-order valence-corrected chi connectivity index (χ4v) is 3.07. The lowest BCUT2D eigenvalue weighted by atomic mass is 9.71. The van der Waals surface area contributed by atoms with Gasteiger partial charge >= 0.3 is 0 Å². The smallest absolute Gasteiger partial charge is 0.106 e. The van der Waals surface area contributed by atoms with E-state index < -0.39 is 0 Å². The van der Waals surface area contributed by atoms with Crippen LogP contribution in [0.1, 0.15) is 17.8 Å². The first kappa shape index (κ1) is 8.62. The molecule has 3 rings (SSSR count). The highest BCUT2D eigenvalue weighted by Gasteiger charge is 2.40. The molecule has 14 heavy (non-hydrogen) atoms. The van der Waals surface area contributed by atoms with Crippen LogP contribution >= 0.6 is 11.3 Å². The fourth-order valence-electron chi connectivity index (χ4n) is 2.51. The van der Waals surface area contributed by atoms with Crippen LogP contribution in [0, 0.1) is 11.8 Å². The topological polar surface area (TPSA) is 24.9 Å². The highest BCUT2D eigenvalue weighted by atomic mass is 32.1. The van der Waals surface area contributed by atoms with E-state index in [0.717, 1.165) is 18.4 Å². The predicted octanol–water partition coefficient (Wildman–Crippen LogP) is 2.20. The van der Waals surface area contributed by atoms with Crippen molar-refractivity contribution in [1.29, 1.82) is 0 Å². The summed E-state index contributed by atoms with van der Waals surface area (Å²) in [6.07, 6.45) is 9.25. The number of aromatic nitrogens is 1. The number of nitrogens with zero attached hydrogens (tertiary/aromatic N) is 1. The van der Waals surface area contributed by atoms with Crippen LogP contribution in [0.5, 0.6) is 0 Å². The molecule has 1 heterocycles. The molecule has 0 amide bonds. The zero-order chi connectivity index (χ0) is 9.38. The van der Waals surface area contributed by atoms with Gasteiger partial charge in [-0.1, -0.05) is 12.2 Å². The number of rotatable bonds is 3. The number of hydrogen-bond acceptors (Lipinski definition) is 3. The monoisotopic (exact) mass is 206 g/mol. The van der Waals surface area contributed by atoms with Crippen LogP contribution in [0.3, 0.4) is 0 Å². The van der Waals surface area contributed by atoms with Crippen molar-refractivity contribution in [2.75, 3.05) is 0 Å². The summed E-state index contributed by atoms with van der Waals surface area (Å²) in [5, 5.41) is 6.83. The highest BCUT2D eigenvalue weighted by Crippen LogP contribution is 2.42. The van der Waals surface area contributed by atoms with Gasteiger partial charge in [-0.15, -0.1) is 11.3 Å². The van der Waals surface area contributed by atoms with Crippen molar-refractivity contribution in [3.63, 3.8) is 0 Å². The van der Waals surface area contributed by atoms with Crippen molar-refractivity contribution >= 4 is 11.3 Å². The molecule has 0 spiro atoms. The Bertz CT molecular complexity index is 331. The fraction of sp³-hybridized carbons (Fsp3) is 0.545. The minimum atomic E-state index is 0.711. The molecule has 3 heteroatoms. The third kappa shape index (κ3) is 1.41. The maximum absolute atomic E-state index is 4.27. The van der Waals surface area contributed by atoms with E-state index in [4.69, 9.17) is 0 Å². The molecule has 0 aromatic carbocycles. The van der Waals surface area contributed by atoms with Gasteiger partial charge in [-0.2, -0.15) is 0 Å². The van der Waals surface area contributed by atoms with Gasteiger partial charge in [0.1, 0.15) is 5.01 Å². The molecule has 0 bridgehead atoms. The second-order valence-corrected chi connectivity index (χ2v) is 5.13. The maximum atomic E-state index is 4.27. The van der Waals surface area contributed by atoms with Crippen LogP contribution in [0.2, 0.25) is 0 Å². The standard InChI is InChI=1S/C11H14N2S/c1-2-8-6-10(9(8)3-1)13-7-11-12-4-5-14-11/h1,3-5,8-10,13H,2,6-7H2. The number of nitrogens with one attached hydrogen (secondary N) is 1. The molecule has 1 N–H and O–H groups in total. The van der Waals surface area contributed by atoms with Crippen molar-refractivity contribution < 1.29 is 0 Å². The Morgan fingerprint density at radius 3 is 3.36 bits per heavy atom.